The van der Waals surface area contributed by atoms with Crippen LogP contribution in [0.2, 0.25) is 0 Å². The summed E-state index contributed by atoms with van der Waals surface area (Å²) in [5.74, 6) is -0.282. The first-order chi connectivity index (χ1) is 8.86. The van der Waals surface area contributed by atoms with Crippen molar-refractivity contribution in [2.24, 2.45) is 0 Å². The summed E-state index contributed by atoms with van der Waals surface area (Å²) < 4.78 is 25.5. The standard InChI is InChI=1S/C12H19N3O3S/c1-13-19(17,18)11-6-4-5-10(9-11)12(16)14-7-8-15(2)3/h4-6,9,13H,7-8H2,1-3H3,(H,14,16). The number of amides is 1. The summed E-state index contributed by atoms with van der Waals surface area (Å²) in [7, 11) is 1.62. The lowest BCUT2D eigenvalue weighted by atomic mass is 10.2. The van der Waals surface area contributed by atoms with E-state index in [-0.39, 0.29) is 10.8 Å². The minimum Gasteiger partial charge on any atom is -0.351 e. The second kappa shape index (κ2) is 6.65. The van der Waals surface area contributed by atoms with Crippen molar-refractivity contribution in [2.45, 2.75) is 4.90 Å². The fourth-order valence-electron chi connectivity index (χ4n) is 1.42. The smallest absolute Gasteiger partial charge is 0.251 e. The monoisotopic (exact) mass is 285 g/mol. The van der Waals surface area contributed by atoms with E-state index in [0.29, 0.717) is 12.1 Å². The molecule has 1 rings (SSSR count). The van der Waals surface area contributed by atoms with Crippen molar-refractivity contribution in [2.75, 3.05) is 34.2 Å². The number of sulfonamides is 1. The average molecular weight is 285 g/mol. The van der Waals surface area contributed by atoms with Crippen LogP contribution in [0.3, 0.4) is 0 Å². The number of nitrogens with zero attached hydrogens (tertiary/aromatic N) is 1. The van der Waals surface area contributed by atoms with Gasteiger partial charge in [0, 0.05) is 18.7 Å². The van der Waals surface area contributed by atoms with Gasteiger partial charge in [-0.3, -0.25) is 4.79 Å². The second-order valence-electron chi connectivity index (χ2n) is 4.29. The first-order valence-electron chi connectivity index (χ1n) is 5.83. The Kier molecular flexibility index (Phi) is 5.46. The number of carbonyl (C=O) groups excluding carboxylic acids is 1. The molecule has 0 spiro atoms. The Morgan fingerprint density at radius 3 is 2.58 bits per heavy atom. The largest absolute Gasteiger partial charge is 0.351 e. The molecule has 0 unspecified atom stereocenters. The Bertz CT molecular complexity index is 541. The molecule has 0 aliphatic rings. The Balaban J connectivity index is 2.79. The zero-order chi connectivity index (χ0) is 14.5. The van der Waals surface area contributed by atoms with Crippen LogP contribution >= 0.6 is 0 Å². The van der Waals surface area contributed by atoms with Gasteiger partial charge in [0.15, 0.2) is 0 Å². The topological polar surface area (TPSA) is 78.5 Å². The third-order valence-electron chi connectivity index (χ3n) is 2.52. The highest BCUT2D eigenvalue weighted by atomic mass is 32.2. The number of likely N-dealkylation sites (N-methyl/N-ethyl adjacent to an activating group) is 1. The SMILES string of the molecule is CNS(=O)(=O)c1cccc(C(=O)NCCN(C)C)c1. The van der Waals surface area contributed by atoms with E-state index in [9.17, 15) is 13.2 Å². The highest BCUT2D eigenvalue weighted by Crippen LogP contribution is 2.10. The van der Waals surface area contributed by atoms with Crippen LogP contribution in [0.25, 0.3) is 0 Å². The molecule has 1 aromatic rings. The molecule has 0 fully saturated rings. The van der Waals surface area contributed by atoms with Crippen LogP contribution in [-0.2, 0) is 10.0 Å². The molecule has 19 heavy (non-hydrogen) atoms. The van der Waals surface area contributed by atoms with Crippen LogP contribution < -0.4 is 10.0 Å². The van der Waals surface area contributed by atoms with E-state index in [1.54, 1.807) is 12.1 Å². The predicted molar refractivity (Wildman–Crippen MR) is 73.6 cm³/mol. The van der Waals surface area contributed by atoms with Gasteiger partial charge in [-0.15, -0.1) is 0 Å². The first-order valence-corrected chi connectivity index (χ1v) is 7.31. The van der Waals surface area contributed by atoms with Crippen molar-refractivity contribution in [3.63, 3.8) is 0 Å². The van der Waals surface area contributed by atoms with Gasteiger partial charge in [0.25, 0.3) is 5.91 Å². The molecule has 6 nitrogen and oxygen atoms in total. The van der Waals surface area contributed by atoms with Gasteiger partial charge in [0.05, 0.1) is 4.90 Å². The van der Waals surface area contributed by atoms with E-state index in [2.05, 4.69) is 10.0 Å². The molecule has 7 heteroatoms. The lowest BCUT2D eigenvalue weighted by Gasteiger charge is -2.11. The summed E-state index contributed by atoms with van der Waals surface area (Å²) in [5.41, 5.74) is 0.329. The lowest BCUT2D eigenvalue weighted by Crippen LogP contribution is -2.31. The molecule has 0 radical (unpaired) electrons. The van der Waals surface area contributed by atoms with Crippen molar-refractivity contribution in [3.8, 4) is 0 Å². The summed E-state index contributed by atoms with van der Waals surface area (Å²) in [6.07, 6.45) is 0. The highest BCUT2D eigenvalue weighted by Gasteiger charge is 2.13. The third-order valence-corrected chi connectivity index (χ3v) is 3.93. The molecule has 0 aliphatic heterocycles. The molecule has 0 atom stereocenters. The van der Waals surface area contributed by atoms with Gasteiger partial charge in [-0.1, -0.05) is 6.07 Å². The zero-order valence-corrected chi connectivity index (χ0v) is 12.1. The zero-order valence-electron chi connectivity index (χ0n) is 11.3. The second-order valence-corrected chi connectivity index (χ2v) is 6.18. The Morgan fingerprint density at radius 2 is 2.00 bits per heavy atom. The molecule has 0 heterocycles. The van der Waals surface area contributed by atoms with Gasteiger partial charge < -0.3 is 10.2 Å². The average Bonchev–Trinajstić information content (AvgIpc) is 2.38. The maximum absolute atomic E-state index is 11.8. The van der Waals surface area contributed by atoms with E-state index in [1.807, 2.05) is 19.0 Å². The summed E-state index contributed by atoms with van der Waals surface area (Å²) in [6, 6.07) is 5.93. The molecule has 0 aliphatic carbocycles. The van der Waals surface area contributed by atoms with E-state index >= 15 is 0 Å². The Morgan fingerprint density at radius 1 is 1.32 bits per heavy atom. The molecule has 1 amide bonds. The van der Waals surface area contributed by atoms with Crippen LogP contribution in [0.5, 0.6) is 0 Å². The normalized spacial score (nSPS) is 11.6. The summed E-state index contributed by atoms with van der Waals surface area (Å²) in [6.45, 7) is 1.23. The number of benzene rings is 1. The molecule has 0 aromatic heterocycles. The molecule has 106 valence electrons. The minimum absolute atomic E-state index is 0.0789. The Labute approximate surface area is 113 Å². The van der Waals surface area contributed by atoms with Gasteiger partial charge in [-0.2, -0.15) is 0 Å². The van der Waals surface area contributed by atoms with Crippen molar-refractivity contribution in [1.29, 1.82) is 0 Å². The van der Waals surface area contributed by atoms with E-state index in [1.165, 1.54) is 19.2 Å². The van der Waals surface area contributed by atoms with E-state index < -0.39 is 10.0 Å². The van der Waals surface area contributed by atoms with Crippen LogP contribution in [0.4, 0.5) is 0 Å². The summed E-state index contributed by atoms with van der Waals surface area (Å²) in [4.78, 5) is 13.9. The number of carbonyl (C=O) groups is 1. The van der Waals surface area contributed by atoms with Crippen LogP contribution in [0.1, 0.15) is 10.4 Å². The van der Waals surface area contributed by atoms with Gasteiger partial charge in [0.2, 0.25) is 10.0 Å². The fraction of sp³-hybridized carbons (Fsp3) is 0.417. The van der Waals surface area contributed by atoms with Gasteiger partial charge >= 0.3 is 0 Å². The maximum atomic E-state index is 11.8. The van der Waals surface area contributed by atoms with Crippen LogP contribution in [0.15, 0.2) is 29.2 Å². The Hall–Kier alpha value is -1.44. The molecule has 0 bridgehead atoms. The summed E-state index contributed by atoms with van der Waals surface area (Å²) in [5, 5.41) is 2.73. The van der Waals surface area contributed by atoms with Crippen molar-refractivity contribution in [1.82, 2.24) is 14.9 Å². The van der Waals surface area contributed by atoms with E-state index in [4.69, 9.17) is 0 Å². The number of rotatable bonds is 6. The predicted octanol–water partition coefficient (Wildman–Crippen LogP) is -0.114. The molecule has 1 aromatic carbocycles. The van der Waals surface area contributed by atoms with Gasteiger partial charge in [0.1, 0.15) is 0 Å². The first kappa shape index (κ1) is 15.6. The van der Waals surface area contributed by atoms with Crippen molar-refractivity contribution in [3.05, 3.63) is 29.8 Å². The lowest BCUT2D eigenvalue weighted by molar-refractivity contribution is 0.0951. The van der Waals surface area contributed by atoms with Crippen LogP contribution in [-0.4, -0.2) is 53.5 Å². The molecular weight excluding hydrogens is 266 g/mol. The van der Waals surface area contributed by atoms with E-state index in [0.717, 1.165) is 6.54 Å². The van der Waals surface area contributed by atoms with Crippen molar-refractivity contribution >= 4 is 15.9 Å². The quantitative estimate of drug-likeness (QED) is 0.764. The van der Waals surface area contributed by atoms with Gasteiger partial charge in [-0.05, 0) is 39.3 Å². The number of hydrogen-bond donors (Lipinski definition) is 2. The molecular formula is C12H19N3O3S. The van der Waals surface area contributed by atoms with Gasteiger partial charge in [-0.25, -0.2) is 13.1 Å². The molecule has 0 saturated carbocycles. The fourth-order valence-corrected chi connectivity index (χ4v) is 2.19. The van der Waals surface area contributed by atoms with Crippen molar-refractivity contribution < 1.29 is 13.2 Å². The van der Waals surface area contributed by atoms with Crippen LogP contribution in [0, 0.1) is 0 Å². The maximum Gasteiger partial charge on any atom is 0.251 e. The number of hydrogen-bond acceptors (Lipinski definition) is 4. The molecule has 2 N–H and O–H groups in total. The summed E-state index contributed by atoms with van der Waals surface area (Å²) >= 11 is 0. The number of nitrogens with one attached hydrogen (secondary N) is 2. The third kappa shape index (κ3) is 4.62. The minimum atomic E-state index is -3.53. The molecule has 0 saturated heterocycles. The highest BCUT2D eigenvalue weighted by molar-refractivity contribution is 7.89.